The molecule has 0 heterocycles. The first kappa shape index (κ1) is 24.0. The molecule has 0 saturated carbocycles. The molecule has 0 fully saturated rings. The van der Waals surface area contributed by atoms with Gasteiger partial charge in [-0.05, 0) is 60.7 Å². The summed E-state index contributed by atoms with van der Waals surface area (Å²) in [5.74, 6) is 0.398. The summed E-state index contributed by atoms with van der Waals surface area (Å²) in [5.41, 5.74) is 0.759. The number of ether oxygens (including phenoxy) is 2. The van der Waals surface area contributed by atoms with Crippen molar-refractivity contribution in [1.82, 2.24) is 0 Å². The van der Waals surface area contributed by atoms with E-state index in [1.807, 2.05) is 0 Å². The first-order valence-electron chi connectivity index (χ1n) is 9.02. The fraction of sp³-hybridized carbons (Fsp3) is 0.0952. The van der Waals surface area contributed by atoms with Gasteiger partial charge >= 0.3 is 0 Å². The quantitative estimate of drug-likeness (QED) is 0.415. The lowest BCUT2D eigenvalue weighted by atomic mass is 10.3. The maximum atomic E-state index is 12.5. The van der Waals surface area contributed by atoms with Gasteiger partial charge in [0, 0.05) is 5.69 Å². The summed E-state index contributed by atoms with van der Waals surface area (Å²) in [4.78, 5) is 12.1. The molecule has 32 heavy (non-hydrogen) atoms. The predicted octanol–water partition coefficient (Wildman–Crippen LogP) is 5.47. The second kappa shape index (κ2) is 10.3. The van der Waals surface area contributed by atoms with E-state index >= 15 is 0 Å². The van der Waals surface area contributed by atoms with Crippen LogP contribution in [-0.4, -0.2) is 28.0 Å². The van der Waals surface area contributed by atoms with E-state index < -0.39 is 15.9 Å². The van der Waals surface area contributed by atoms with Gasteiger partial charge in [-0.1, -0.05) is 34.8 Å². The minimum atomic E-state index is -3.85. The summed E-state index contributed by atoms with van der Waals surface area (Å²) in [7, 11) is -2.36. The minimum Gasteiger partial charge on any atom is -0.495 e. The van der Waals surface area contributed by atoms with Gasteiger partial charge in [-0.25, -0.2) is 8.42 Å². The van der Waals surface area contributed by atoms with Crippen molar-refractivity contribution in [2.45, 2.75) is 4.90 Å². The van der Waals surface area contributed by atoms with Crippen LogP contribution < -0.4 is 19.5 Å². The number of amides is 1. The molecule has 0 spiro atoms. The molecule has 0 atom stereocenters. The summed E-state index contributed by atoms with van der Waals surface area (Å²) in [6, 6.07) is 14.8. The monoisotopic (exact) mass is 514 g/mol. The average molecular weight is 516 g/mol. The zero-order valence-corrected chi connectivity index (χ0v) is 19.6. The smallest absolute Gasteiger partial charge is 0.262 e. The maximum Gasteiger partial charge on any atom is 0.262 e. The maximum absolute atomic E-state index is 12.5. The molecule has 0 aliphatic carbocycles. The zero-order chi connectivity index (χ0) is 23.3. The minimum absolute atomic E-state index is 0.00764. The lowest BCUT2D eigenvalue weighted by molar-refractivity contribution is -0.118. The van der Waals surface area contributed by atoms with Crippen LogP contribution in [0.5, 0.6) is 11.5 Å². The highest BCUT2D eigenvalue weighted by molar-refractivity contribution is 7.92. The molecule has 3 aromatic carbocycles. The van der Waals surface area contributed by atoms with Crippen LogP contribution in [0.25, 0.3) is 0 Å². The summed E-state index contributed by atoms with van der Waals surface area (Å²) in [6.07, 6.45) is 0. The molecule has 1 amide bonds. The fourth-order valence-corrected chi connectivity index (χ4v) is 4.18. The SMILES string of the molecule is COc1ccc(NC(=O)COc2ccc(S(=O)(=O)Nc3ccc(Cl)c(Cl)c3)cc2)cc1Cl. The number of carbonyl (C=O) groups excluding carboxylic acids is 1. The Hall–Kier alpha value is -2.65. The normalized spacial score (nSPS) is 11.0. The Morgan fingerprint density at radius 2 is 1.53 bits per heavy atom. The van der Waals surface area contributed by atoms with Crippen LogP contribution in [0.15, 0.2) is 65.6 Å². The Kier molecular flexibility index (Phi) is 7.73. The highest BCUT2D eigenvalue weighted by Crippen LogP contribution is 2.28. The molecule has 2 N–H and O–H groups in total. The van der Waals surface area contributed by atoms with E-state index in [4.69, 9.17) is 44.3 Å². The molecule has 3 aromatic rings. The van der Waals surface area contributed by atoms with Gasteiger partial charge < -0.3 is 14.8 Å². The molecule has 11 heteroatoms. The molecule has 0 aliphatic heterocycles. The second-order valence-electron chi connectivity index (χ2n) is 6.39. The summed E-state index contributed by atoms with van der Waals surface area (Å²) in [6.45, 7) is -0.280. The highest BCUT2D eigenvalue weighted by atomic mass is 35.5. The van der Waals surface area contributed by atoms with Crippen LogP contribution in [0.3, 0.4) is 0 Å². The van der Waals surface area contributed by atoms with Crippen molar-refractivity contribution in [2.75, 3.05) is 23.8 Å². The first-order chi connectivity index (χ1) is 15.2. The van der Waals surface area contributed by atoms with E-state index in [0.29, 0.717) is 27.2 Å². The van der Waals surface area contributed by atoms with Crippen molar-refractivity contribution in [3.8, 4) is 11.5 Å². The van der Waals surface area contributed by atoms with E-state index in [1.54, 1.807) is 18.2 Å². The van der Waals surface area contributed by atoms with Crippen LogP contribution in [0.2, 0.25) is 15.1 Å². The standard InChI is InChI=1S/C21H17Cl3N2O5S/c1-30-20-9-3-13(10-19(20)24)25-21(27)12-31-15-4-6-16(7-5-15)32(28,29)26-14-2-8-17(22)18(23)11-14/h2-11,26H,12H2,1H3,(H,25,27). The van der Waals surface area contributed by atoms with Crippen molar-refractivity contribution in [3.05, 3.63) is 75.7 Å². The third kappa shape index (κ3) is 6.20. The van der Waals surface area contributed by atoms with Crippen molar-refractivity contribution in [3.63, 3.8) is 0 Å². The lowest BCUT2D eigenvalue weighted by Gasteiger charge is -2.11. The van der Waals surface area contributed by atoms with Crippen LogP contribution in [-0.2, 0) is 14.8 Å². The second-order valence-corrected chi connectivity index (χ2v) is 9.30. The van der Waals surface area contributed by atoms with E-state index in [0.717, 1.165) is 0 Å². The molecule has 0 unspecified atom stereocenters. The Balaban J connectivity index is 1.58. The third-order valence-corrected chi connectivity index (χ3v) is 6.54. The number of rotatable bonds is 8. The fourth-order valence-electron chi connectivity index (χ4n) is 2.58. The van der Waals surface area contributed by atoms with Gasteiger partial charge in [0.1, 0.15) is 11.5 Å². The van der Waals surface area contributed by atoms with Gasteiger partial charge in [0.2, 0.25) is 0 Å². The van der Waals surface area contributed by atoms with Gasteiger partial charge in [0.25, 0.3) is 15.9 Å². The number of benzene rings is 3. The first-order valence-corrected chi connectivity index (χ1v) is 11.6. The number of nitrogens with one attached hydrogen (secondary N) is 2. The number of halogens is 3. The third-order valence-electron chi connectivity index (χ3n) is 4.11. The summed E-state index contributed by atoms with van der Waals surface area (Å²) < 4.78 is 38.0. The molecule has 0 aliphatic rings. The van der Waals surface area contributed by atoms with Gasteiger partial charge in [-0.2, -0.15) is 0 Å². The number of anilines is 2. The van der Waals surface area contributed by atoms with Gasteiger partial charge in [0.15, 0.2) is 6.61 Å². The molecular formula is C21H17Cl3N2O5S. The van der Waals surface area contributed by atoms with Crippen LogP contribution >= 0.6 is 34.8 Å². The molecule has 0 radical (unpaired) electrons. The topological polar surface area (TPSA) is 93.7 Å². The van der Waals surface area contributed by atoms with Crippen LogP contribution in [0.4, 0.5) is 11.4 Å². The van der Waals surface area contributed by atoms with Gasteiger partial charge in [-0.15, -0.1) is 0 Å². The van der Waals surface area contributed by atoms with E-state index in [9.17, 15) is 13.2 Å². The predicted molar refractivity (Wildman–Crippen MR) is 126 cm³/mol. The van der Waals surface area contributed by atoms with Crippen LogP contribution in [0.1, 0.15) is 0 Å². The average Bonchev–Trinajstić information content (AvgIpc) is 2.75. The number of sulfonamides is 1. The highest BCUT2D eigenvalue weighted by Gasteiger charge is 2.15. The molecule has 3 rings (SSSR count). The summed E-state index contributed by atoms with van der Waals surface area (Å²) >= 11 is 17.8. The Labute approximate surface area is 200 Å². The number of methoxy groups -OCH3 is 1. The van der Waals surface area contributed by atoms with Crippen molar-refractivity contribution < 1.29 is 22.7 Å². The van der Waals surface area contributed by atoms with Crippen LogP contribution in [0, 0.1) is 0 Å². The number of hydrogen-bond acceptors (Lipinski definition) is 5. The Morgan fingerprint density at radius 1 is 0.875 bits per heavy atom. The van der Waals surface area contributed by atoms with Gasteiger partial charge in [0.05, 0.1) is 32.8 Å². The van der Waals surface area contributed by atoms with E-state index in [1.165, 1.54) is 49.6 Å². The molecule has 7 nitrogen and oxygen atoms in total. The van der Waals surface area contributed by atoms with E-state index in [2.05, 4.69) is 10.0 Å². The molecule has 168 valence electrons. The number of hydrogen-bond donors (Lipinski definition) is 2. The molecule has 0 bridgehead atoms. The van der Waals surface area contributed by atoms with Gasteiger partial charge in [-0.3, -0.25) is 9.52 Å². The largest absolute Gasteiger partial charge is 0.495 e. The molecule has 0 aromatic heterocycles. The lowest BCUT2D eigenvalue weighted by Crippen LogP contribution is -2.20. The number of carbonyl (C=O) groups is 1. The molecular weight excluding hydrogens is 499 g/mol. The van der Waals surface area contributed by atoms with Crippen molar-refractivity contribution in [2.24, 2.45) is 0 Å². The zero-order valence-electron chi connectivity index (χ0n) is 16.6. The Bertz CT molecular complexity index is 1230. The molecule has 0 saturated heterocycles. The Morgan fingerprint density at radius 3 is 2.16 bits per heavy atom. The van der Waals surface area contributed by atoms with Crippen molar-refractivity contribution in [1.29, 1.82) is 0 Å². The van der Waals surface area contributed by atoms with Crippen molar-refractivity contribution >= 4 is 62.1 Å². The van der Waals surface area contributed by atoms with E-state index in [-0.39, 0.29) is 22.2 Å². The summed E-state index contributed by atoms with van der Waals surface area (Å²) in [5, 5.41) is 3.55.